The zero-order chi connectivity index (χ0) is 9.52. The fourth-order valence-electron chi connectivity index (χ4n) is 1.95. The predicted molar refractivity (Wildman–Crippen MR) is 54.8 cm³/mol. The van der Waals surface area contributed by atoms with Gasteiger partial charge in [0, 0.05) is 13.2 Å². The van der Waals surface area contributed by atoms with E-state index in [4.69, 9.17) is 5.11 Å². The third-order valence-electron chi connectivity index (χ3n) is 2.67. The van der Waals surface area contributed by atoms with Crippen molar-refractivity contribution in [1.82, 2.24) is 10.2 Å². The van der Waals surface area contributed by atoms with Gasteiger partial charge >= 0.3 is 0 Å². The second kappa shape index (κ2) is 6.35. The number of piperidine rings is 1. The molecule has 0 amide bonds. The van der Waals surface area contributed by atoms with Crippen LogP contribution in [-0.4, -0.2) is 49.8 Å². The van der Waals surface area contributed by atoms with Gasteiger partial charge in [-0.3, -0.25) is 0 Å². The minimum absolute atomic E-state index is 0.303. The molecule has 1 fully saturated rings. The molecule has 0 bridgehead atoms. The minimum Gasteiger partial charge on any atom is -0.396 e. The first-order valence-electron chi connectivity index (χ1n) is 5.33. The summed E-state index contributed by atoms with van der Waals surface area (Å²) in [5, 5.41) is 12.0. The number of rotatable bonds is 5. The van der Waals surface area contributed by atoms with Crippen LogP contribution >= 0.6 is 0 Å². The van der Waals surface area contributed by atoms with E-state index < -0.39 is 0 Å². The van der Waals surface area contributed by atoms with Crippen LogP contribution in [0.2, 0.25) is 0 Å². The van der Waals surface area contributed by atoms with Crippen LogP contribution in [-0.2, 0) is 0 Å². The van der Waals surface area contributed by atoms with Crippen LogP contribution in [0, 0.1) is 5.92 Å². The lowest BCUT2D eigenvalue weighted by atomic mass is 9.98. The zero-order valence-corrected chi connectivity index (χ0v) is 8.63. The summed E-state index contributed by atoms with van der Waals surface area (Å²) >= 11 is 0. The Morgan fingerprint density at radius 3 is 3.08 bits per heavy atom. The Balaban J connectivity index is 2.00. The largest absolute Gasteiger partial charge is 0.396 e. The fraction of sp³-hybridized carbons (Fsp3) is 1.00. The quantitative estimate of drug-likeness (QED) is 0.606. The molecule has 1 saturated heterocycles. The van der Waals surface area contributed by atoms with Gasteiger partial charge in [0.15, 0.2) is 0 Å². The number of nitrogens with one attached hydrogen (secondary N) is 1. The number of likely N-dealkylation sites (tertiary alicyclic amines) is 1. The van der Waals surface area contributed by atoms with Crippen molar-refractivity contribution < 1.29 is 5.11 Å². The number of nitrogens with zero attached hydrogens (tertiary/aromatic N) is 1. The van der Waals surface area contributed by atoms with E-state index in [0.717, 1.165) is 25.4 Å². The number of hydrogen-bond acceptors (Lipinski definition) is 3. The van der Waals surface area contributed by atoms with Crippen LogP contribution in [0.4, 0.5) is 0 Å². The topological polar surface area (TPSA) is 35.5 Å². The van der Waals surface area contributed by atoms with E-state index in [-0.39, 0.29) is 0 Å². The number of aliphatic hydroxyl groups is 1. The van der Waals surface area contributed by atoms with E-state index in [1.807, 2.05) is 0 Å². The Bertz CT molecular complexity index is 130. The molecule has 1 unspecified atom stereocenters. The summed E-state index contributed by atoms with van der Waals surface area (Å²) in [5.74, 6) is 0.817. The van der Waals surface area contributed by atoms with E-state index in [2.05, 4.69) is 17.3 Å². The molecule has 0 spiro atoms. The molecule has 1 atom stereocenters. The lowest BCUT2D eigenvalue weighted by Crippen LogP contribution is -2.37. The van der Waals surface area contributed by atoms with Crippen LogP contribution < -0.4 is 5.32 Å². The molecule has 3 nitrogen and oxygen atoms in total. The highest BCUT2D eigenvalue weighted by Crippen LogP contribution is 2.13. The molecule has 0 aromatic carbocycles. The maximum absolute atomic E-state index is 8.60. The fourth-order valence-corrected chi connectivity index (χ4v) is 1.95. The second-order valence-electron chi connectivity index (χ2n) is 4.05. The van der Waals surface area contributed by atoms with Gasteiger partial charge in [-0.25, -0.2) is 0 Å². The van der Waals surface area contributed by atoms with Crippen molar-refractivity contribution in [3.05, 3.63) is 0 Å². The van der Waals surface area contributed by atoms with Crippen LogP contribution in [0.5, 0.6) is 0 Å². The van der Waals surface area contributed by atoms with Gasteiger partial charge in [0.1, 0.15) is 0 Å². The molecule has 0 aromatic heterocycles. The third kappa shape index (κ3) is 4.60. The summed E-state index contributed by atoms with van der Waals surface area (Å²) in [4.78, 5) is 2.40. The van der Waals surface area contributed by atoms with Crippen molar-refractivity contribution in [1.29, 1.82) is 0 Å². The molecule has 2 N–H and O–H groups in total. The van der Waals surface area contributed by atoms with Crippen molar-refractivity contribution in [2.45, 2.75) is 19.3 Å². The molecule has 1 rings (SSSR count). The van der Waals surface area contributed by atoms with E-state index in [1.165, 1.54) is 25.9 Å². The molecule has 13 heavy (non-hydrogen) atoms. The summed E-state index contributed by atoms with van der Waals surface area (Å²) in [6.07, 6.45) is 3.57. The van der Waals surface area contributed by atoms with Gasteiger partial charge in [0.05, 0.1) is 0 Å². The Morgan fingerprint density at radius 2 is 2.38 bits per heavy atom. The van der Waals surface area contributed by atoms with Crippen LogP contribution in [0.25, 0.3) is 0 Å². The summed E-state index contributed by atoms with van der Waals surface area (Å²) in [5.41, 5.74) is 0. The lowest BCUT2D eigenvalue weighted by Gasteiger charge is -2.29. The Morgan fingerprint density at radius 1 is 1.54 bits per heavy atom. The van der Waals surface area contributed by atoms with Crippen LogP contribution in [0.15, 0.2) is 0 Å². The SMILES string of the molecule is CN1CCCC(CNCCCO)C1. The van der Waals surface area contributed by atoms with E-state index in [1.54, 1.807) is 0 Å². The maximum Gasteiger partial charge on any atom is 0.0443 e. The molecule has 0 aliphatic carbocycles. The van der Waals surface area contributed by atoms with Gasteiger partial charge in [0.25, 0.3) is 0 Å². The second-order valence-corrected chi connectivity index (χ2v) is 4.05. The van der Waals surface area contributed by atoms with E-state index >= 15 is 0 Å². The molecule has 1 aliphatic heterocycles. The highest BCUT2D eigenvalue weighted by Gasteiger charge is 2.15. The van der Waals surface area contributed by atoms with Gasteiger partial charge in [-0.05, 0) is 51.9 Å². The summed E-state index contributed by atoms with van der Waals surface area (Å²) in [7, 11) is 2.19. The average Bonchev–Trinajstić information content (AvgIpc) is 2.13. The molecule has 1 aliphatic rings. The van der Waals surface area contributed by atoms with Crippen molar-refractivity contribution in [2.75, 3.05) is 39.8 Å². The van der Waals surface area contributed by atoms with E-state index in [0.29, 0.717) is 6.61 Å². The lowest BCUT2D eigenvalue weighted by molar-refractivity contribution is 0.205. The molecule has 0 saturated carbocycles. The first-order chi connectivity index (χ1) is 6.33. The molecule has 0 aromatic rings. The maximum atomic E-state index is 8.60. The number of hydrogen-bond donors (Lipinski definition) is 2. The van der Waals surface area contributed by atoms with Crippen molar-refractivity contribution in [3.63, 3.8) is 0 Å². The average molecular weight is 186 g/mol. The highest BCUT2D eigenvalue weighted by molar-refractivity contribution is 4.72. The van der Waals surface area contributed by atoms with Gasteiger partial charge in [0.2, 0.25) is 0 Å². The van der Waals surface area contributed by atoms with Gasteiger partial charge in [-0.2, -0.15) is 0 Å². The van der Waals surface area contributed by atoms with Crippen molar-refractivity contribution in [3.8, 4) is 0 Å². The molecular formula is C10H22N2O. The standard InChI is InChI=1S/C10H22N2O/c1-12-6-2-4-10(9-12)8-11-5-3-7-13/h10-11,13H,2-9H2,1H3. The van der Waals surface area contributed by atoms with E-state index in [9.17, 15) is 0 Å². The van der Waals surface area contributed by atoms with Crippen molar-refractivity contribution in [2.24, 2.45) is 5.92 Å². The summed E-state index contributed by atoms with van der Waals surface area (Å²) in [6.45, 7) is 4.86. The van der Waals surface area contributed by atoms with Gasteiger partial charge < -0.3 is 15.3 Å². The summed E-state index contributed by atoms with van der Waals surface area (Å²) in [6, 6.07) is 0. The first kappa shape index (κ1) is 11.0. The Hall–Kier alpha value is -0.120. The molecule has 78 valence electrons. The highest BCUT2D eigenvalue weighted by atomic mass is 16.3. The Labute approximate surface area is 81.1 Å². The summed E-state index contributed by atoms with van der Waals surface area (Å²) < 4.78 is 0. The predicted octanol–water partition coefficient (Wildman–Crippen LogP) is 0.300. The van der Waals surface area contributed by atoms with Gasteiger partial charge in [-0.15, -0.1) is 0 Å². The first-order valence-corrected chi connectivity index (χ1v) is 5.33. The molecule has 0 radical (unpaired) electrons. The molecule has 1 heterocycles. The van der Waals surface area contributed by atoms with Gasteiger partial charge in [-0.1, -0.05) is 0 Å². The minimum atomic E-state index is 0.303. The third-order valence-corrected chi connectivity index (χ3v) is 2.67. The zero-order valence-electron chi connectivity index (χ0n) is 8.63. The monoisotopic (exact) mass is 186 g/mol. The normalized spacial score (nSPS) is 24.9. The van der Waals surface area contributed by atoms with Crippen molar-refractivity contribution >= 4 is 0 Å². The molecule has 3 heteroatoms. The Kier molecular flexibility index (Phi) is 5.35. The smallest absolute Gasteiger partial charge is 0.0443 e. The molecular weight excluding hydrogens is 164 g/mol. The van der Waals surface area contributed by atoms with Crippen LogP contribution in [0.1, 0.15) is 19.3 Å². The number of aliphatic hydroxyl groups excluding tert-OH is 1. The van der Waals surface area contributed by atoms with Crippen LogP contribution in [0.3, 0.4) is 0 Å².